The van der Waals surface area contributed by atoms with Crippen LogP contribution in [0.2, 0.25) is 0 Å². The Morgan fingerprint density at radius 1 is 1.52 bits per heavy atom. The van der Waals surface area contributed by atoms with E-state index in [0.717, 1.165) is 5.56 Å². The van der Waals surface area contributed by atoms with Gasteiger partial charge in [-0.3, -0.25) is 0 Å². The zero-order valence-corrected chi connectivity index (χ0v) is 11.7. The minimum absolute atomic E-state index is 0.0158. The molecule has 1 atom stereocenters. The Hall–Kier alpha value is -2.28. The molecule has 2 N–H and O–H groups in total. The van der Waals surface area contributed by atoms with Crippen LogP contribution in [0.25, 0.3) is 0 Å². The molecule has 0 bridgehead atoms. The van der Waals surface area contributed by atoms with Crippen LogP contribution in [0.3, 0.4) is 0 Å². The third-order valence-corrected chi connectivity index (χ3v) is 3.25. The van der Waals surface area contributed by atoms with Gasteiger partial charge < -0.3 is 24.8 Å². The van der Waals surface area contributed by atoms with Gasteiger partial charge in [0.25, 0.3) is 0 Å². The molecule has 0 spiro atoms. The highest BCUT2D eigenvalue weighted by Gasteiger charge is 2.32. The largest absolute Gasteiger partial charge is 0.497 e. The number of nitrogens with one attached hydrogen (secondary N) is 1. The third kappa shape index (κ3) is 3.85. The summed E-state index contributed by atoms with van der Waals surface area (Å²) in [5, 5.41) is 11.8. The zero-order valence-electron chi connectivity index (χ0n) is 11.7. The Bertz CT molecular complexity index is 520. The van der Waals surface area contributed by atoms with Gasteiger partial charge in [0.1, 0.15) is 5.75 Å². The van der Waals surface area contributed by atoms with Crippen LogP contribution in [0, 0.1) is 0 Å². The van der Waals surface area contributed by atoms with Crippen molar-refractivity contribution in [2.75, 3.05) is 26.9 Å². The lowest BCUT2D eigenvalue weighted by Crippen LogP contribution is -2.55. The monoisotopic (exact) mass is 294 g/mol. The number of amides is 2. The Morgan fingerprint density at radius 3 is 3.05 bits per heavy atom. The van der Waals surface area contributed by atoms with E-state index in [1.807, 2.05) is 24.3 Å². The van der Waals surface area contributed by atoms with E-state index in [9.17, 15) is 9.59 Å². The van der Waals surface area contributed by atoms with Gasteiger partial charge in [0.05, 0.1) is 20.3 Å². The van der Waals surface area contributed by atoms with E-state index in [4.69, 9.17) is 14.6 Å². The van der Waals surface area contributed by atoms with Crippen molar-refractivity contribution in [1.29, 1.82) is 0 Å². The van der Waals surface area contributed by atoms with E-state index in [1.165, 1.54) is 4.90 Å². The normalized spacial score (nSPS) is 18.1. The van der Waals surface area contributed by atoms with Gasteiger partial charge in [-0.1, -0.05) is 12.1 Å². The van der Waals surface area contributed by atoms with Crippen LogP contribution in [0.4, 0.5) is 4.79 Å². The number of methoxy groups -OCH3 is 1. The van der Waals surface area contributed by atoms with Gasteiger partial charge >= 0.3 is 12.0 Å². The van der Waals surface area contributed by atoms with Crippen LogP contribution in [-0.4, -0.2) is 54.9 Å². The van der Waals surface area contributed by atoms with Gasteiger partial charge in [0.15, 0.2) is 6.04 Å². The van der Waals surface area contributed by atoms with E-state index >= 15 is 0 Å². The highest BCUT2D eigenvalue weighted by atomic mass is 16.5. The number of urea groups is 1. The van der Waals surface area contributed by atoms with E-state index in [-0.39, 0.29) is 13.2 Å². The number of carboxylic acid groups (broad SMARTS) is 1. The van der Waals surface area contributed by atoms with Gasteiger partial charge in [0.2, 0.25) is 0 Å². The van der Waals surface area contributed by atoms with Crippen LogP contribution < -0.4 is 10.1 Å². The molecule has 0 aliphatic carbocycles. The Kier molecular flexibility index (Phi) is 4.99. The van der Waals surface area contributed by atoms with Gasteiger partial charge in [-0.25, -0.2) is 9.59 Å². The van der Waals surface area contributed by atoms with Crippen LogP contribution in [0.1, 0.15) is 5.56 Å². The van der Waals surface area contributed by atoms with Crippen LogP contribution in [-0.2, 0) is 16.1 Å². The summed E-state index contributed by atoms with van der Waals surface area (Å²) in [7, 11) is 1.57. The summed E-state index contributed by atoms with van der Waals surface area (Å²) < 4.78 is 10.2. The van der Waals surface area contributed by atoms with Crippen molar-refractivity contribution in [3.05, 3.63) is 29.8 Å². The van der Waals surface area contributed by atoms with Crippen molar-refractivity contribution in [1.82, 2.24) is 10.2 Å². The molecule has 7 nitrogen and oxygen atoms in total. The maximum atomic E-state index is 12.1. The summed E-state index contributed by atoms with van der Waals surface area (Å²) in [6.07, 6.45) is 0. The Labute approximate surface area is 122 Å². The molecule has 1 saturated heterocycles. The maximum absolute atomic E-state index is 12.1. The molecule has 1 aromatic carbocycles. The number of morpholine rings is 1. The summed E-state index contributed by atoms with van der Waals surface area (Å²) in [5.74, 6) is -0.359. The average Bonchev–Trinajstić information content (AvgIpc) is 2.52. The van der Waals surface area contributed by atoms with Crippen LogP contribution in [0.15, 0.2) is 24.3 Å². The predicted octanol–water partition coefficient (Wildman–Crippen LogP) is 0.690. The van der Waals surface area contributed by atoms with Crippen molar-refractivity contribution in [3.8, 4) is 5.75 Å². The molecule has 0 aromatic heterocycles. The molecule has 1 heterocycles. The van der Waals surface area contributed by atoms with Crippen LogP contribution in [0.5, 0.6) is 5.75 Å². The molecule has 114 valence electrons. The summed E-state index contributed by atoms with van der Waals surface area (Å²) in [5.41, 5.74) is 0.878. The van der Waals surface area contributed by atoms with Gasteiger partial charge in [-0.2, -0.15) is 0 Å². The lowest BCUT2D eigenvalue weighted by molar-refractivity contribution is -0.147. The number of rotatable bonds is 4. The van der Waals surface area contributed by atoms with Crippen molar-refractivity contribution < 1.29 is 24.2 Å². The quantitative estimate of drug-likeness (QED) is 0.853. The topological polar surface area (TPSA) is 88.1 Å². The first kappa shape index (κ1) is 15.1. The van der Waals surface area contributed by atoms with E-state index < -0.39 is 18.0 Å². The first-order valence-electron chi connectivity index (χ1n) is 6.60. The fourth-order valence-corrected chi connectivity index (χ4v) is 2.11. The zero-order chi connectivity index (χ0) is 15.2. The number of aliphatic carboxylic acids is 1. The molecule has 1 aromatic rings. The van der Waals surface area contributed by atoms with Crippen LogP contribution >= 0.6 is 0 Å². The molecule has 1 aliphatic rings. The number of benzene rings is 1. The number of hydrogen-bond acceptors (Lipinski definition) is 4. The van der Waals surface area contributed by atoms with Crippen molar-refractivity contribution in [2.24, 2.45) is 0 Å². The first-order chi connectivity index (χ1) is 10.1. The summed E-state index contributed by atoms with van der Waals surface area (Å²) in [6.45, 7) is 0.929. The minimum atomic E-state index is -1.06. The predicted molar refractivity (Wildman–Crippen MR) is 74.2 cm³/mol. The van der Waals surface area contributed by atoms with Gasteiger partial charge in [0, 0.05) is 13.1 Å². The molecular weight excluding hydrogens is 276 g/mol. The van der Waals surface area contributed by atoms with E-state index in [0.29, 0.717) is 18.9 Å². The fourth-order valence-electron chi connectivity index (χ4n) is 2.11. The SMILES string of the molecule is COc1cccc(CNC(=O)N2CCOCC2C(=O)O)c1. The average molecular weight is 294 g/mol. The number of carboxylic acids is 1. The van der Waals surface area contributed by atoms with Crippen molar-refractivity contribution in [2.45, 2.75) is 12.6 Å². The van der Waals surface area contributed by atoms with Crippen molar-refractivity contribution in [3.63, 3.8) is 0 Å². The minimum Gasteiger partial charge on any atom is -0.497 e. The Balaban J connectivity index is 1.95. The lowest BCUT2D eigenvalue weighted by atomic mass is 10.2. The second-order valence-electron chi connectivity index (χ2n) is 4.63. The second-order valence-corrected chi connectivity index (χ2v) is 4.63. The molecular formula is C14H18N2O5. The van der Waals surface area contributed by atoms with Gasteiger partial charge in [-0.15, -0.1) is 0 Å². The maximum Gasteiger partial charge on any atom is 0.328 e. The number of nitrogens with zero attached hydrogens (tertiary/aromatic N) is 1. The third-order valence-electron chi connectivity index (χ3n) is 3.25. The number of carbonyl (C=O) groups is 2. The molecule has 0 saturated carbocycles. The fraction of sp³-hybridized carbons (Fsp3) is 0.429. The highest BCUT2D eigenvalue weighted by Crippen LogP contribution is 2.13. The lowest BCUT2D eigenvalue weighted by Gasteiger charge is -2.32. The highest BCUT2D eigenvalue weighted by molar-refractivity contribution is 5.83. The van der Waals surface area contributed by atoms with E-state index in [1.54, 1.807) is 7.11 Å². The second kappa shape index (κ2) is 6.94. The molecule has 7 heteroatoms. The molecule has 1 fully saturated rings. The number of ether oxygens (including phenoxy) is 2. The van der Waals surface area contributed by atoms with Gasteiger partial charge in [-0.05, 0) is 17.7 Å². The molecule has 21 heavy (non-hydrogen) atoms. The molecule has 2 rings (SSSR count). The smallest absolute Gasteiger partial charge is 0.328 e. The molecule has 0 radical (unpaired) electrons. The summed E-state index contributed by atoms with van der Waals surface area (Å²) in [4.78, 5) is 24.5. The van der Waals surface area contributed by atoms with E-state index in [2.05, 4.69) is 5.32 Å². The number of carbonyl (C=O) groups excluding carboxylic acids is 1. The standard InChI is InChI=1S/C14H18N2O5/c1-20-11-4-2-3-10(7-11)8-15-14(19)16-5-6-21-9-12(16)13(17)18/h2-4,7,12H,5-6,8-9H2,1H3,(H,15,19)(H,17,18). The number of hydrogen-bond donors (Lipinski definition) is 2. The Morgan fingerprint density at radius 2 is 2.33 bits per heavy atom. The summed E-state index contributed by atoms with van der Waals surface area (Å²) >= 11 is 0. The summed E-state index contributed by atoms with van der Waals surface area (Å²) in [6, 6.07) is 5.96. The molecule has 1 unspecified atom stereocenters. The van der Waals surface area contributed by atoms with Crippen molar-refractivity contribution >= 4 is 12.0 Å². The molecule has 2 amide bonds. The first-order valence-corrected chi connectivity index (χ1v) is 6.60. The molecule has 1 aliphatic heterocycles.